The Balaban J connectivity index is 4.06. The molecule has 0 aliphatic rings. The summed E-state index contributed by atoms with van der Waals surface area (Å²) in [6, 6.07) is 0. The molecule has 0 bridgehead atoms. The highest BCUT2D eigenvalue weighted by atomic mass is 32.2. The third kappa shape index (κ3) is 6.72. The van der Waals surface area contributed by atoms with Crippen LogP contribution in [-0.4, -0.2) is 69.5 Å². The van der Waals surface area contributed by atoms with E-state index >= 15 is 0 Å². The van der Waals surface area contributed by atoms with Crippen molar-refractivity contribution in [3.05, 3.63) is 0 Å². The predicted molar refractivity (Wildman–Crippen MR) is 60.4 cm³/mol. The van der Waals surface area contributed by atoms with Gasteiger partial charge in [0.25, 0.3) is 10.2 Å². The Morgan fingerprint density at radius 3 is 2.25 bits per heavy atom. The van der Waals surface area contributed by atoms with Crippen LogP contribution in [0.1, 0.15) is 6.42 Å². The zero-order chi connectivity index (χ0) is 12.8. The highest BCUT2D eigenvalue weighted by Crippen LogP contribution is 1.95. The van der Waals surface area contributed by atoms with Crippen molar-refractivity contribution >= 4 is 16.2 Å². The standard InChI is InChI=1S/C8H19N3O4S/c1-10(2)7-5-9-16(14,15)11(3)6-4-8(12)13/h9H,4-7H2,1-3H3,(H,12,13). The number of nitrogens with one attached hydrogen (secondary N) is 1. The van der Waals surface area contributed by atoms with Crippen molar-refractivity contribution in [1.82, 2.24) is 13.9 Å². The fourth-order valence-electron chi connectivity index (χ4n) is 0.882. The van der Waals surface area contributed by atoms with Gasteiger partial charge in [-0.15, -0.1) is 0 Å². The van der Waals surface area contributed by atoms with Gasteiger partial charge in [-0.2, -0.15) is 12.7 Å². The monoisotopic (exact) mass is 253 g/mol. The Morgan fingerprint density at radius 2 is 1.81 bits per heavy atom. The number of carboxylic acid groups (broad SMARTS) is 1. The number of carboxylic acids is 1. The van der Waals surface area contributed by atoms with Crippen molar-refractivity contribution in [2.45, 2.75) is 6.42 Å². The average molecular weight is 253 g/mol. The molecule has 96 valence electrons. The molecular formula is C8H19N3O4S. The van der Waals surface area contributed by atoms with E-state index in [0.29, 0.717) is 13.1 Å². The first kappa shape index (κ1) is 15.3. The van der Waals surface area contributed by atoms with Gasteiger partial charge in [0.15, 0.2) is 0 Å². The van der Waals surface area contributed by atoms with Gasteiger partial charge in [0.05, 0.1) is 6.42 Å². The summed E-state index contributed by atoms with van der Waals surface area (Å²) in [5, 5.41) is 8.43. The third-order valence-corrected chi connectivity index (χ3v) is 3.47. The van der Waals surface area contributed by atoms with Crippen molar-refractivity contribution in [3.8, 4) is 0 Å². The van der Waals surface area contributed by atoms with E-state index in [9.17, 15) is 13.2 Å². The molecule has 0 atom stereocenters. The number of carbonyl (C=O) groups is 1. The lowest BCUT2D eigenvalue weighted by molar-refractivity contribution is -0.137. The maximum absolute atomic E-state index is 11.5. The minimum Gasteiger partial charge on any atom is -0.481 e. The van der Waals surface area contributed by atoms with Gasteiger partial charge >= 0.3 is 5.97 Å². The van der Waals surface area contributed by atoms with Crippen LogP contribution in [0.25, 0.3) is 0 Å². The van der Waals surface area contributed by atoms with Crippen LogP contribution in [0.5, 0.6) is 0 Å². The van der Waals surface area contributed by atoms with Crippen LogP contribution in [0.3, 0.4) is 0 Å². The quantitative estimate of drug-likeness (QED) is 0.566. The molecule has 0 heterocycles. The molecule has 0 aromatic carbocycles. The Morgan fingerprint density at radius 1 is 1.25 bits per heavy atom. The summed E-state index contributed by atoms with van der Waals surface area (Å²) in [4.78, 5) is 12.1. The van der Waals surface area contributed by atoms with Crippen LogP contribution in [0.2, 0.25) is 0 Å². The second-order valence-corrected chi connectivity index (χ2v) is 5.53. The maximum atomic E-state index is 11.5. The molecule has 2 N–H and O–H groups in total. The zero-order valence-electron chi connectivity index (χ0n) is 9.80. The number of aliphatic carboxylic acids is 1. The second-order valence-electron chi connectivity index (χ2n) is 3.67. The van der Waals surface area contributed by atoms with Gasteiger partial charge in [0.1, 0.15) is 0 Å². The van der Waals surface area contributed by atoms with Crippen molar-refractivity contribution in [2.75, 3.05) is 40.8 Å². The number of hydrogen-bond donors (Lipinski definition) is 2. The molecule has 8 heteroatoms. The molecule has 0 saturated carbocycles. The number of nitrogens with zero attached hydrogens (tertiary/aromatic N) is 2. The van der Waals surface area contributed by atoms with Crippen molar-refractivity contribution in [3.63, 3.8) is 0 Å². The molecular weight excluding hydrogens is 234 g/mol. The fourth-order valence-corrected chi connectivity index (χ4v) is 1.78. The molecule has 0 unspecified atom stereocenters. The molecule has 16 heavy (non-hydrogen) atoms. The van der Waals surface area contributed by atoms with Gasteiger partial charge in [-0.3, -0.25) is 4.79 Å². The first-order valence-electron chi connectivity index (χ1n) is 4.83. The first-order chi connectivity index (χ1) is 7.25. The smallest absolute Gasteiger partial charge is 0.304 e. The lowest BCUT2D eigenvalue weighted by atomic mass is 10.4. The van der Waals surface area contributed by atoms with E-state index in [0.717, 1.165) is 4.31 Å². The lowest BCUT2D eigenvalue weighted by Crippen LogP contribution is -2.41. The Labute approximate surface area is 96.2 Å². The molecule has 0 aromatic heterocycles. The topological polar surface area (TPSA) is 90.0 Å². The first-order valence-corrected chi connectivity index (χ1v) is 6.27. The number of hydrogen-bond acceptors (Lipinski definition) is 4. The van der Waals surface area contributed by atoms with E-state index in [1.54, 1.807) is 0 Å². The Kier molecular flexibility index (Phi) is 6.49. The zero-order valence-corrected chi connectivity index (χ0v) is 10.6. The molecule has 0 rings (SSSR count). The lowest BCUT2D eigenvalue weighted by Gasteiger charge is -2.17. The van der Waals surface area contributed by atoms with Gasteiger partial charge in [0.2, 0.25) is 0 Å². The van der Waals surface area contributed by atoms with E-state index < -0.39 is 16.2 Å². The van der Waals surface area contributed by atoms with Crippen LogP contribution in [0.4, 0.5) is 0 Å². The summed E-state index contributed by atoms with van der Waals surface area (Å²) in [5.41, 5.74) is 0. The number of likely N-dealkylation sites (N-methyl/N-ethyl adjacent to an activating group) is 1. The summed E-state index contributed by atoms with van der Waals surface area (Å²) >= 11 is 0. The minimum absolute atomic E-state index is 0.0351. The molecule has 0 radical (unpaired) electrons. The highest BCUT2D eigenvalue weighted by molar-refractivity contribution is 7.87. The summed E-state index contributed by atoms with van der Waals surface area (Å²) in [5.74, 6) is -1.02. The van der Waals surface area contributed by atoms with Crippen molar-refractivity contribution in [2.24, 2.45) is 0 Å². The van der Waals surface area contributed by atoms with Crippen LogP contribution >= 0.6 is 0 Å². The van der Waals surface area contributed by atoms with Crippen LogP contribution < -0.4 is 4.72 Å². The van der Waals surface area contributed by atoms with Crippen molar-refractivity contribution in [1.29, 1.82) is 0 Å². The van der Waals surface area contributed by atoms with Gasteiger partial charge in [-0.25, -0.2) is 4.72 Å². The van der Waals surface area contributed by atoms with Crippen LogP contribution in [-0.2, 0) is 15.0 Å². The summed E-state index contributed by atoms with van der Waals surface area (Å²) in [6.45, 7) is 0.853. The second kappa shape index (κ2) is 6.79. The van der Waals surface area contributed by atoms with Gasteiger partial charge in [0, 0.05) is 26.7 Å². The fraction of sp³-hybridized carbons (Fsp3) is 0.875. The molecule has 7 nitrogen and oxygen atoms in total. The molecule has 0 aliphatic heterocycles. The average Bonchev–Trinajstić information content (AvgIpc) is 2.12. The maximum Gasteiger partial charge on any atom is 0.304 e. The normalized spacial score (nSPS) is 12.3. The molecule has 0 fully saturated rings. The van der Waals surface area contributed by atoms with E-state index in [4.69, 9.17) is 5.11 Å². The summed E-state index contributed by atoms with van der Waals surface area (Å²) in [7, 11) is 1.46. The van der Waals surface area contributed by atoms with Crippen molar-refractivity contribution < 1.29 is 18.3 Å². The molecule has 0 spiro atoms. The van der Waals surface area contributed by atoms with Crippen LogP contribution in [0, 0.1) is 0 Å². The number of rotatable bonds is 8. The van der Waals surface area contributed by atoms with E-state index in [2.05, 4.69) is 4.72 Å². The predicted octanol–water partition coefficient (Wildman–Crippen LogP) is -1.21. The molecule has 0 saturated heterocycles. The van der Waals surface area contributed by atoms with Gasteiger partial charge in [-0.1, -0.05) is 0 Å². The van der Waals surface area contributed by atoms with Gasteiger partial charge < -0.3 is 10.0 Å². The minimum atomic E-state index is -3.56. The Bertz CT molecular complexity index is 315. The summed E-state index contributed by atoms with van der Waals surface area (Å²) in [6.07, 6.45) is -0.203. The highest BCUT2D eigenvalue weighted by Gasteiger charge is 2.17. The van der Waals surface area contributed by atoms with Gasteiger partial charge in [-0.05, 0) is 14.1 Å². The largest absolute Gasteiger partial charge is 0.481 e. The summed E-state index contributed by atoms with van der Waals surface area (Å²) < 4.78 is 26.4. The Hall–Kier alpha value is -0.700. The third-order valence-electron chi connectivity index (χ3n) is 1.89. The van der Waals surface area contributed by atoms with E-state index in [1.807, 2.05) is 19.0 Å². The van der Waals surface area contributed by atoms with E-state index in [-0.39, 0.29) is 13.0 Å². The molecule has 0 aliphatic carbocycles. The van der Waals surface area contributed by atoms with E-state index in [1.165, 1.54) is 7.05 Å². The molecule has 0 aromatic rings. The van der Waals surface area contributed by atoms with Crippen LogP contribution in [0.15, 0.2) is 0 Å². The molecule has 0 amide bonds. The SMILES string of the molecule is CN(C)CCNS(=O)(=O)N(C)CCC(=O)O.